The number of pyridine rings is 1. The lowest BCUT2D eigenvalue weighted by atomic mass is 10.3. The van der Waals surface area contributed by atoms with Gasteiger partial charge in [-0.05, 0) is 32.4 Å². The van der Waals surface area contributed by atoms with Crippen LogP contribution in [0.25, 0.3) is 0 Å². The van der Waals surface area contributed by atoms with E-state index >= 15 is 0 Å². The quantitative estimate of drug-likeness (QED) is 0.792. The molecule has 0 aliphatic heterocycles. The lowest BCUT2D eigenvalue weighted by Crippen LogP contribution is -2.25. The van der Waals surface area contributed by atoms with E-state index in [4.69, 9.17) is 10.5 Å². The van der Waals surface area contributed by atoms with Gasteiger partial charge in [0.2, 0.25) is 5.88 Å². The van der Waals surface area contributed by atoms with Gasteiger partial charge < -0.3 is 15.4 Å². The molecule has 1 aromatic heterocycles. The average molecular weight is 237 g/mol. The van der Waals surface area contributed by atoms with E-state index in [1.54, 1.807) is 0 Å². The van der Waals surface area contributed by atoms with Gasteiger partial charge in [-0.2, -0.15) is 4.98 Å². The molecule has 0 atom stereocenters. The Balaban J connectivity index is 2.84. The Morgan fingerprint density at radius 3 is 2.65 bits per heavy atom. The highest BCUT2D eigenvalue weighted by molar-refractivity contribution is 5.54. The predicted octanol–water partition coefficient (Wildman–Crippen LogP) is 2.69. The van der Waals surface area contributed by atoms with Crippen LogP contribution in [0.15, 0.2) is 12.1 Å². The number of unbranched alkanes of at least 4 members (excludes halogenated alkanes) is 1. The van der Waals surface area contributed by atoms with Crippen molar-refractivity contribution in [2.24, 2.45) is 0 Å². The summed E-state index contributed by atoms with van der Waals surface area (Å²) in [5.74, 6) is 1.48. The van der Waals surface area contributed by atoms with Crippen molar-refractivity contribution >= 4 is 11.5 Å². The Morgan fingerprint density at radius 2 is 2.06 bits per heavy atom. The van der Waals surface area contributed by atoms with Crippen LogP contribution in [0.1, 0.15) is 33.6 Å². The summed E-state index contributed by atoms with van der Waals surface area (Å²) in [5, 5.41) is 0. The predicted molar refractivity (Wildman–Crippen MR) is 72.6 cm³/mol. The van der Waals surface area contributed by atoms with Crippen LogP contribution in [0.3, 0.4) is 0 Å². The number of hydrogen-bond acceptors (Lipinski definition) is 4. The summed E-state index contributed by atoms with van der Waals surface area (Å²) in [7, 11) is 0. The van der Waals surface area contributed by atoms with Crippen molar-refractivity contribution in [1.29, 1.82) is 0 Å². The number of nitrogens with zero attached hydrogens (tertiary/aromatic N) is 2. The molecule has 1 heterocycles. The molecule has 1 rings (SSSR count). The minimum absolute atomic E-state index is 0.542. The molecule has 0 bridgehead atoms. The number of aromatic nitrogens is 1. The summed E-state index contributed by atoms with van der Waals surface area (Å²) in [5.41, 5.74) is 6.41. The van der Waals surface area contributed by atoms with Gasteiger partial charge in [0.05, 0.1) is 12.3 Å². The molecule has 0 radical (unpaired) electrons. The van der Waals surface area contributed by atoms with Crippen molar-refractivity contribution in [3.63, 3.8) is 0 Å². The first kappa shape index (κ1) is 13.6. The first-order chi connectivity index (χ1) is 8.22. The van der Waals surface area contributed by atoms with E-state index < -0.39 is 0 Å². The Labute approximate surface area is 104 Å². The first-order valence-electron chi connectivity index (χ1n) is 6.37. The van der Waals surface area contributed by atoms with Crippen molar-refractivity contribution in [3.05, 3.63) is 12.1 Å². The van der Waals surface area contributed by atoms with E-state index in [0.29, 0.717) is 18.2 Å². The van der Waals surface area contributed by atoms with E-state index in [-0.39, 0.29) is 0 Å². The fourth-order valence-electron chi connectivity index (χ4n) is 1.65. The van der Waals surface area contributed by atoms with Crippen molar-refractivity contribution in [2.45, 2.75) is 33.6 Å². The number of nitrogens with two attached hydrogens (primary N) is 1. The Kier molecular flexibility index (Phi) is 5.60. The zero-order valence-corrected chi connectivity index (χ0v) is 11.1. The van der Waals surface area contributed by atoms with Gasteiger partial charge >= 0.3 is 0 Å². The van der Waals surface area contributed by atoms with Crippen molar-refractivity contribution in [1.82, 2.24) is 4.98 Å². The minimum Gasteiger partial charge on any atom is -0.476 e. The molecule has 4 heteroatoms. The lowest BCUT2D eigenvalue weighted by Gasteiger charge is -2.22. The molecule has 0 spiro atoms. The van der Waals surface area contributed by atoms with Crippen LogP contribution in [0.2, 0.25) is 0 Å². The van der Waals surface area contributed by atoms with Gasteiger partial charge in [-0.15, -0.1) is 0 Å². The van der Waals surface area contributed by atoms with Crippen LogP contribution in [-0.4, -0.2) is 24.7 Å². The van der Waals surface area contributed by atoms with Crippen LogP contribution in [-0.2, 0) is 0 Å². The molecule has 0 aliphatic rings. The molecule has 2 N–H and O–H groups in total. The lowest BCUT2D eigenvalue weighted by molar-refractivity contribution is 0.329. The highest BCUT2D eigenvalue weighted by atomic mass is 16.5. The van der Waals surface area contributed by atoms with Gasteiger partial charge in [-0.1, -0.05) is 13.3 Å². The highest BCUT2D eigenvalue weighted by Crippen LogP contribution is 2.23. The van der Waals surface area contributed by atoms with E-state index in [1.807, 2.05) is 19.1 Å². The third-order valence-electron chi connectivity index (χ3n) is 2.64. The molecule has 17 heavy (non-hydrogen) atoms. The average Bonchev–Trinajstić information content (AvgIpc) is 2.34. The van der Waals surface area contributed by atoms with E-state index in [2.05, 4.69) is 23.7 Å². The van der Waals surface area contributed by atoms with Crippen LogP contribution in [0, 0.1) is 0 Å². The van der Waals surface area contributed by atoms with Crippen LogP contribution < -0.4 is 15.4 Å². The molecule has 0 amide bonds. The number of rotatable bonds is 7. The van der Waals surface area contributed by atoms with Gasteiger partial charge in [-0.25, -0.2) is 0 Å². The van der Waals surface area contributed by atoms with Crippen molar-refractivity contribution in [3.8, 4) is 5.88 Å². The summed E-state index contributed by atoms with van der Waals surface area (Å²) in [6, 6.07) is 3.82. The van der Waals surface area contributed by atoms with Crippen molar-refractivity contribution in [2.75, 3.05) is 30.3 Å². The maximum atomic E-state index is 5.81. The summed E-state index contributed by atoms with van der Waals surface area (Å²) < 4.78 is 5.41. The Morgan fingerprint density at radius 1 is 1.29 bits per heavy atom. The molecular weight excluding hydrogens is 214 g/mol. The summed E-state index contributed by atoms with van der Waals surface area (Å²) in [4.78, 5) is 6.71. The zero-order chi connectivity index (χ0) is 12.7. The molecule has 1 aromatic rings. The second kappa shape index (κ2) is 6.99. The van der Waals surface area contributed by atoms with Crippen LogP contribution in [0.4, 0.5) is 11.5 Å². The smallest absolute Gasteiger partial charge is 0.239 e. The number of nitrogen functional groups attached to an aromatic ring is 1. The zero-order valence-electron chi connectivity index (χ0n) is 11.1. The summed E-state index contributed by atoms with van der Waals surface area (Å²) in [6.45, 7) is 8.81. The van der Waals surface area contributed by atoms with Crippen LogP contribution in [0.5, 0.6) is 5.88 Å². The molecule has 4 nitrogen and oxygen atoms in total. The minimum atomic E-state index is 0.542. The Bertz CT molecular complexity index is 341. The van der Waals surface area contributed by atoms with Gasteiger partial charge in [0.25, 0.3) is 0 Å². The molecular formula is C13H23N3O. The van der Waals surface area contributed by atoms with Gasteiger partial charge in [-0.3, -0.25) is 0 Å². The SMILES string of the molecule is CCCCN(CC)c1ccc(N)c(OCC)n1. The second-order valence-electron chi connectivity index (χ2n) is 3.93. The molecule has 0 fully saturated rings. The largest absolute Gasteiger partial charge is 0.476 e. The van der Waals surface area contributed by atoms with Gasteiger partial charge in [0.15, 0.2) is 0 Å². The third-order valence-corrected chi connectivity index (χ3v) is 2.64. The standard InChI is InChI=1S/C13H23N3O/c1-4-7-10-16(5-2)12-9-8-11(14)13(15-12)17-6-3/h8-9H,4-7,10,14H2,1-3H3. The maximum absolute atomic E-state index is 5.81. The number of anilines is 2. The highest BCUT2D eigenvalue weighted by Gasteiger charge is 2.09. The molecule has 0 aliphatic carbocycles. The molecule has 0 saturated carbocycles. The van der Waals surface area contributed by atoms with Gasteiger partial charge in [0, 0.05) is 13.1 Å². The maximum Gasteiger partial charge on any atom is 0.239 e. The fourth-order valence-corrected chi connectivity index (χ4v) is 1.65. The second-order valence-corrected chi connectivity index (χ2v) is 3.93. The Hall–Kier alpha value is -1.45. The summed E-state index contributed by atoms with van der Waals surface area (Å²) >= 11 is 0. The van der Waals surface area contributed by atoms with Crippen molar-refractivity contribution < 1.29 is 4.74 Å². The first-order valence-corrected chi connectivity index (χ1v) is 6.37. The molecule has 0 unspecified atom stereocenters. The van der Waals surface area contributed by atoms with E-state index in [9.17, 15) is 0 Å². The number of ether oxygens (including phenoxy) is 1. The monoisotopic (exact) mass is 237 g/mol. The molecule has 0 aromatic carbocycles. The fraction of sp³-hybridized carbons (Fsp3) is 0.615. The van der Waals surface area contributed by atoms with Crippen LogP contribution >= 0.6 is 0 Å². The molecule has 0 saturated heterocycles. The normalized spacial score (nSPS) is 10.3. The third kappa shape index (κ3) is 3.80. The topological polar surface area (TPSA) is 51.4 Å². The molecule has 96 valence electrons. The van der Waals surface area contributed by atoms with E-state index in [0.717, 1.165) is 18.9 Å². The summed E-state index contributed by atoms with van der Waals surface area (Å²) in [6.07, 6.45) is 2.35. The van der Waals surface area contributed by atoms with E-state index in [1.165, 1.54) is 12.8 Å². The number of hydrogen-bond donors (Lipinski definition) is 1. The van der Waals surface area contributed by atoms with Gasteiger partial charge in [0.1, 0.15) is 5.82 Å².